The second-order valence-corrected chi connectivity index (χ2v) is 10.6. The Bertz CT molecular complexity index is 1510. The van der Waals surface area contributed by atoms with Gasteiger partial charge in [-0.25, -0.2) is 0 Å². The number of nitrogens with zero attached hydrogens (tertiary/aromatic N) is 1. The molecule has 1 saturated carbocycles. The average Bonchev–Trinajstić information content (AvgIpc) is 3.57. The maximum Gasteiger partial charge on any atom is 0.316 e. The van der Waals surface area contributed by atoms with Gasteiger partial charge >= 0.3 is 5.97 Å². The molecule has 0 unspecified atom stereocenters. The van der Waals surface area contributed by atoms with Crippen molar-refractivity contribution >= 4 is 11.9 Å². The molecule has 0 aliphatic heterocycles. The zero-order chi connectivity index (χ0) is 27.0. The highest BCUT2D eigenvalue weighted by atomic mass is 16.5. The number of amides is 1. The van der Waals surface area contributed by atoms with E-state index >= 15 is 0 Å². The van der Waals surface area contributed by atoms with Gasteiger partial charge in [-0.15, -0.1) is 0 Å². The van der Waals surface area contributed by atoms with Gasteiger partial charge in [0.15, 0.2) is 5.76 Å². The predicted molar refractivity (Wildman–Crippen MR) is 149 cm³/mol. The second kappa shape index (κ2) is 10.2. The van der Waals surface area contributed by atoms with Crippen LogP contribution in [-0.4, -0.2) is 23.6 Å². The van der Waals surface area contributed by atoms with Crippen LogP contribution in [0, 0.1) is 6.92 Å². The molecule has 39 heavy (non-hydrogen) atoms. The molecule has 2 aliphatic rings. The summed E-state index contributed by atoms with van der Waals surface area (Å²) < 4.78 is 11.0. The number of ether oxygens (including phenoxy) is 1. The highest BCUT2D eigenvalue weighted by Crippen LogP contribution is 2.49. The maximum absolute atomic E-state index is 13.0. The van der Waals surface area contributed by atoms with Crippen LogP contribution in [0.2, 0.25) is 0 Å². The number of aryl methyl sites for hydroxylation is 2. The van der Waals surface area contributed by atoms with E-state index in [-0.39, 0.29) is 24.3 Å². The van der Waals surface area contributed by atoms with Crippen LogP contribution < -0.4 is 5.32 Å². The molecule has 0 saturated heterocycles. The monoisotopic (exact) mass is 520 g/mol. The molecule has 0 radical (unpaired) electrons. The molecule has 198 valence electrons. The number of benzene rings is 3. The molecule has 6 rings (SSSR count). The molecule has 6 nitrogen and oxygen atoms in total. The van der Waals surface area contributed by atoms with Crippen molar-refractivity contribution in [1.82, 2.24) is 10.5 Å². The van der Waals surface area contributed by atoms with Gasteiger partial charge in [0, 0.05) is 11.1 Å². The lowest BCUT2D eigenvalue weighted by Crippen LogP contribution is -2.28. The van der Waals surface area contributed by atoms with E-state index in [0.717, 1.165) is 59.2 Å². The van der Waals surface area contributed by atoms with Gasteiger partial charge in [-0.3, -0.25) is 9.59 Å². The normalized spacial score (nSPS) is 16.9. The topological polar surface area (TPSA) is 81.4 Å². The summed E-state index contributed by atoms with van der Waals surface area (Å²) in [4.78, 5) is 25.4. The number of hydrogen-bond acceptors (Lipinski definition) is 5. The summed E-state index contributed by atoms with van der Waals surface area (Å²) in [5.41, 5.74) is 7.61. The molecule has 1 fully saturated rings. The molecule has 2 aliphatic carbocycles. The lowest BCUT2D eigenvalue weighted by atomic mass is 9.93. The number of nitrogens with one attached hydrogen (secondary N) is 1. The van der Waals surface area contributed by atoms with E-state index in [2.05, 4.69) is 34.7 Å². The minimum Gasteiger partial charge on any atom is -0.465 e. The lowest BCUT2D eigenvalue weighted by Gasteiger charge is -2.15. The molecule has 6 heteroatoms. The van der Waals surface area contributed by atoms with Crippen LogP contribution >= 0.6 is 0 Å². The Morgan fingerprint density at radius 3 is 2.33 bits per heavy atom. The van der Waals surface area contributed by atoms with Gasteiger partial charge in [0.25, 0.3) is 0 Å². The van der Waals surface area contributed by atoms with Crippen LogP contribution in [-0.2, 0) is 32.6 Å². The number of fused-ring (bicyclic) bond motifs is 1. The van der Waals surface area contributed by atoms with Gasteiger partial charge in [0.05, 0.1) is 30.2 Å². The first-order valence-corrected chi connectivity index (χ1v) is 13.7. The highest BCUT2D eigenvalue weighted by Gasteiger charge is 2.52. The van der Waals surface area contributed by atoms with E-state index in [1.54, 1.807) is 0 Å². The molecule has 4 aromatic rings. The van der Waals surface area contributed by atoms with E-state index < -0.39 is 5.41 Å². The van der Waals surface area contributed by atoms with Crippen LogP contribution in [0.25, 0.3) is 22.5 Å². The third-order valence-electron chi connectivity index (χ3n) is 8.12. The molecule has 3 aromatic carbocycles. The van der Waals surface area contributed by atoms with Gasteiger partial charge in [0.1, 0.15) is 0 Å². The van der Waals surface area contributed by atoms with Crippen LogP contribution in [0.5, 0.6) is 0 Å². The van der Waals surface area contributed by atoms with Crippen molar-refractivity contribution < 1.29 is 18.8 Å². The lowest BCUT2D eigenvalue weighted by molar-refractivity contribution is -0.146. The first kappa shape index (κ1) is 25.1. The maximum atomic E-state index is 13.0. The van der Waals surface area contributed by atoms with Crippen molar-refractivity contribution in [3.8, 4) is 22.5 Å². The smallest absolute Gasteiger partial charge is 0.316 e. The summed E-state index contributed by atoms with van der Waals surface area (Å²) in [5.74, 6) is 0.473. The fraction of sp³-hybridized carbons (Fsp3) is 0.303. The minimum atomic E-state index is -0.466. The fourth-order valence-electron chi connectivity index (χ4n) is 5.74. The van der Waals surface area contributed by atoms with Crippen LogP contribution in [0.4, 0.5) is 0 Å². The van der Waals surface area contributed by atoms with E-state index in [1.165, 1.54) is 11.1 Å². The molecule has 1 amide bonds. The van der Waals surface area contributed by atoms with Crippen molar-refractivity contribution in [2.24, 2.45) is 0 Å². The summed E-state index contributed by atoms with van der Waals surface area (Å²) in [6.45, 7) is 4.12. The van der Waals surface area contributed by atoms with Crippen LogP contribution in [0.15, 0.2) is 77.3 Å². The number of aromatic nitrogens is 1. The highest BCUT2D eigenvalue weighted by molar-refractivity contribution is 5.87. The number of carbonyl (C=O) groups excluding carboxylic acids is 2. The zero-order valence-electron chi connectivity index (χ0n) is 22.3. The summed E-state index contributed by atoms with van der Waals surface area (Å²) in [6.07, 6.45) is 3.80. The van der Waals surface area contributed by atoms with E-state index in [0.29, 0.717) is 12.4 Å². The quantitative estimate of drug-likeness (QED) is 0.278. The summed E-state index contributed by atoms with van der Waals surface area (Å²) in [5, 5.41) is 7.37. The third kappa shape index (κ3) is 4.76. The molecular weight excluding hydrogens is 488 g/mol. The van der Waals surface area contributed by atoms with Gasteiger partial charge < -0.3 is 14.6 Å². The third-order valence-corrected chi connectivity index (χ3v) is 8.12. The molecule has 0 spiro atoms. The Balaban J connectivity index is 1.16. The largest absolute Gasteiger partial charge is 0.465 e. The van der Waals surface area contributed by atoms with E-state index in [9.17, 15) is 9.59 Å². The number of hydrogen-bond donors (Lipinski definition) is 1. The van der Waals surface area contributed by atoms with Gasteiger partial charge in [-0.2, -0.15) is 0 Å². The predicted octanol–water partition coefficient (Wildman–Crippen LogP) is 6.26. The molecule has 1 heterocycles. The Hall–Kier alpha value is -4.19. The fourth-order valence-corrected chi connectivity index (χ4v) is 5.74. The number of carbonyl (C=O) groups is 2. The summed E-state index contributed by atoms with van der Waals surface area (Å²) in [7, 11) is 0. The Morgan fingerprint density at radius 1 is 0.974 bits per heavy atom. The summed E-state index contributed by atoms with van der Waals surface area (Å²) in [6, 6.07) is 24.6. The van der Waals surface area contributed by atoms with Crippen molar-refractivity contribution in [3.63, 3.8) is 0 Å². The number of esters is 1. The van der Waals surface area contributed by atoms with Crippen LogP contribution in [0.1, 0.15) is 60.2 Å². The molecule has 1 aromatic heterocycles. The van der Waals surface area contributed by atoms with Crippen molar-refractivity contribution in [3.05, 3.63) is 101 Å². The Kier molecular flexibility index (Phi) is 6.55. The standard InChI is InChI=1S/C33H32N2O4/c1-3-38-32(37)33(18-19-33)26-15-12-23(13-16-26)22-8-10-25(11-9-22)31-28(21(2)35-39-31)20-30(36)34-29-17-14-24-6-4-5-7-27(24)29/h4-13,15-16,29H,3,14,17-20H2,1-2H3,(H,34,36)/t29-/m1/s1. The molecule has 1 N–H and O–H groups in total. The van der Waals surface area contributed by atoms with Gasteiger partial charge in [0.2, 0.25) is 5.91 Å². The Morgan fingerprint density at radius 2 is 1.64 bits per heavy atom. The summed E-state index contributed by atoms with van der Waals surface area (Å²) >= 11 is 0. The van der Waals surface area contributed by atoms with Crippen molar-refractivity contribution in [2.75, 3.05) is 6.61 Å². The zero-order valence-corrected chi connectivity index (χ0v) is 22.3. The first-order valence-electron chi connectivity index (χ1n) is 13.7. The first-order chi connectivity index (χ1) is 19.0. The minimum absolute atomic E-state index is 0.0304. The molecular formula is C33H32N2O4. The van der Waals surface area contributed by atoms with Crippen molar-refractivity contribution in [1.29, 1.82) is 0 Å². The van der Waals surface area contributed by atoms with Gasteiger partial charge in [-0.05, 0) is 67.3 Å². The second-order valence-electron chi connectivity index (χ2n) is 10.6. The SMILES string of the molecule is CCOC(=O)C1(c2ccc(-c3ccc(-c4onc(C)c4CC(=O)N[C@@H]4CCc5ccccc54)cc3)cc2)CC1. The average molecular weight is 521 g/mol. The van der Waals surface area contributed by atoms with E-state index in [1.807, 2.05) is 62.4 Å². The Labute approximate surface area is 228 Å². The number of rotatable bonds is 8. The van der Waals surface area contributed by atoms with Crippen LogP contribution in [0.3, 0.4) is 0 Å². The molecule has 0 bridgehead atoms. The van der Waals surface area contributed by atoms with Gasteiger partial charge in [-0.1, -0.05) is 78.0 Å². The van der Waals surface area contributed by atoms with Crippen molar-refractivity contribution in [2.45, 2.75) is 57.4 Å². The van der Waals surface area contributed by atoms with E-state index in [4.69, 9.17) is 9.26 Å². The molecule has 1 atom stereocenters.